The average Bonchev–Trinajstić information content (AvgIpc) is 2.95. The van der Waals surface area contributed by atoms with Crippen LogP contribution in [0.5, 0.6) is 0 Å². The molecule has 0 atom stereocenters. The van der Waals surface area contributed by atoms with Crippen molar-refractivity contribution in [2.24, 2.45) is 0 Å². The Morgan fingerprint density at radius 1 is 1.41 bits per heavy atom. The van der Waals surface area contributed by atoms with Crippen molar-refractivity contribution in [3.8, 4) is 0 Å². The first-order valence-electron chi connectivity index (χ1n) is 5.34. The van der Waals surface area contributed by atoms with Crippen LogP contribution in [0.2, 0.25) is 5.22 Å². The van der Waals surface area contributed by atoms with E-state index in [9.17, 15) is 4.79 Å². The Balaban J connectivity index is 1.81. The number of furan rings is 1. The standard InChI is InChI=1S/C12H10ClNO2S/c13-11-2-1-9(16-11)12(15)14-5-3-10-8(7-14)4-6-17-10/h1-2,4,6H,3,5,7H2. The van der Waals surface area contributed by atoms with E-state index in [1.165, 1.54) is 10.4 Å². The second-order valence-corrected chi connectivity index (χ2v) is 5.32. The molecule has 3 rings (SSSR count). The predicted octanol–water partition coefficient (Wildman–Crippen LogP) is 3.19. The first-order valence-corrected chi connectivity index (χ1v) is 6.59. The van der Waals surface area contributed by atoms with Gasteiger partial charge in [0.25, 0.3) is 5.91 Å². The summed E-state index contributed by atoms with van der Waals surface area (Å²) in [5, 5.41) is 2.32. The van der Waals surface area contributed by atoms with E-state index in [-0.39, 0.29) is 11.1 Å². The number of amides is 1. The third kappa shape index (κ3) is 1.98. The molecule has 17 heavy (non-hydrogen) atoms. The summed E-state index contributed by atoms with van der Waals surface area (Å²) in [6, 6.07) is 5.29. The molecule has 5 heteroatoms. The van der Waals surface area contributed by atoms with Gasteiger partial charge in [0.05, 0.1) is 0 Å². The van der Waals surface area contributed by atoms with Gasteiger partial charge in [0.1, 0.15) is 0 Å². The van der Waals surface area contributed by atoms with Gasteiger partial charge in [-0.05, 0) is 47.2 Å². The summed E-state index contributed by atoms with van der Waals surface area (Å²) in [6.07, 6.45) is 0.924. The first kappa shape index (κ1) is 10.9. The lowest BCUT2D eigenvalue weighted by atomic mass is 10.1. The second-order valence-electron chi connectivity index (χ2n) is 3.95. The Morgan fingerprint density at radius 3 is 3.06 bits per heavy atom. The first-order chi connectivity index (χ1) is 8.24. The van der Waals surface area contributed by atoms with Gasteiger partial charge in [0, 0.05) is 18.0 Å². The number of fused-ring (bicyclic) bond motifs is 1. The lowest BCUT2D eigenvalue weighted by molar-refractivity contribution is 0.0703. The minimum Gasteiger partial charge on any atom is -0.440 e. The van der Waals surface area contributed by atoms with E-state index in [0.717, 1.165) is 13.0 Å². The maximum absolute atomic E-state index is 12.1. The van der Waals surface area contributed by atoms with Crippen molar-refractivity contribution in [2.45, 2.75) is 13.0 Å². The molecule has 0 aliphatic carbocycles. The molecule has 0 N–H and O–H groups in total. The summed E-state index contributed by atoms with van der Waals surface area (Å²) >= 11 is 7.43. The van der Waals surface area contributed by atoms with Crippen LogP contribution < -0.4 is 0 Å². The predicted molar refractivity (Wildman–Crippen MR) is 66.5 cm³/mol. The molecule has 0 fully saturated rings. The SMILES string of the molecule is O=C(c1ccc(Cl)o1)N1CCc2sccc2C1. The molecule has 0 radical (unpaired) electrons. The molecule has 0 spiro atoms. The van der Waals surface area contributed by atoms with Gasteiger partial charge in [-0.15, -0.1) is 11.3 Å². The van der Waals surface area contributed by atoms with Gasteiger partial charge < -0.3 is 9.32 Å². The Bertz CT molecular complexity index is 560. The van der Waals surface area contributed by atoms with Crippen LogP contribution in [-0.4, -0.2) is 17.4 Å². The Hall–Kier alpha value is -1.26. The van der Waals surface area contributed by atoms with E-state index in [1.54, 1.807) is 28.4 Å². The zero-order valence-electron chi connectivity index (χ0n) is 8.98. The van der Waals surface area contributed by atoms with E-state index in [0.29, 0.717) is 12.3 Å². The van der Waals surface area contributed by atoms with Crippen molar-refractivity contribution in [3.63, 3.8) is 0 Å². The van der Waals surface area contributed by atoms with Crippen molar-refractivity contribution < 1.29 is 9.21 Å². The highest BCUT2D eigenvalue weighted by Crippen LogP contribution is 2.25. The van der Waals surface area contributed by atoms with Gasteiger partial charge in [-0.2, -0.15) is 0 Å². The minimum atomic E-state index is -0.0891. The maximum Gasteiger partial charge on any atom is 0.289 e. The molecule has 3 nitrogen and oxygen atoms in total. The molecule has 1 aliphatic heterocycles. The minimum absolute atomic E-state index is 0.0891. The fourth-order valence-corrected chi connectivity index (χ4v) is 3.04. The number of hydrogen-bond donors (Lipinski definition) is 0. The summed E-state index contributed by atoms with van der Waals surface area (Å²) < 4.78 is 5.14. The second kappa shape index (κ2) is 4.20. The van der Waals surface area contributed by atoms with Gasteiger partial charge in [-0.25, -0.2) is 0 Å². The number of carbonyl (C=O) groups excluding carboxylic acids is 1. The van der Waals surface area contributed by atoms with Gasteiger partial charge in [0.2, 0.25) is 0 Å². The molecule has 3 heterocycles. The number of halogens is 1. The highest BCUT2D eigenvalue weighted by molar-refractivity contribution is 7.10. The van der Waals surface area contributed by atoms with Crippen molar-refractivity contribution in [2.75, 3.05) is 6.54 Å². The number of carbonyl (C=O) groups is 1. The molecule has 88 valence electrons. The highest BCUT2D eigenvalue weighted by atomic mass is 35.5. The molecule has 1 amide bonds. The van der Waals surface area contributed by atoms with E-state index in [4.69, 9.17) is 16.0 Å². The van der Waals surface area contributed by atoms with Crippen molar-refractivity contribution in [1.82, 2.24) is 4.90 Å². The number of thiophene rings is 1. The Morgan fingerprint density at radius 2 is 2.29 bits per heavy atom. The van der Waals surface area contributed by atoms with Crippen LogP contribution >= 0.6 is 22.9 Å². The molecule has 2 aromatic heterocycles. The van der Waals surface area contributed by atoms with Crippen LogP contribution in [0.15, 0.2) is 28.0 Å². The van der Waals surface area contributed by atoms with Crippen LogP contribution in [0.3, 0.4) is 0 Å². The third-order valence-corrected chi connectivity index (χ3v) is 4.11. The summed E-state index contributed by atoms with van der Waals surface area (Å²) in [6.45, 7) is 1.40. The van der Waals surface area contributed by atoms with Gasteiger partial charge in [-0.3, -0.25) is 4.79 Å². The molecular weight excluding hydrogens is 258 g/mol. The van der Waals surface area contributed by atoms with E-state index >= 15 is 0 Å². The number of hydrogen-bond acceptors (Lipinski definition) is 3. The van der Waals surface area contributed by atoms with Crippen LogP contribution in [0.25, 0.3) is 0 Å². The monoisotopic (exact) mass is 267 g/mol. The van der Waals surface area contributed by atoms with E-state index < -0.39 is 0 Å². The summed E-state index contributed by atoms with van der Waals surface area (Å²) in [5.74, 6) is 0.224. The molecule has 0 unspecified atom stereocenters. The quantitative estimate of drug-likeness (QED) is 0.795. The topological polar surface area (TPSA) is 33.5 Å². The van der Waals surface area contributed by atoms with E-state index in [1.807, 2.05) is 0 Å². The molecule has 1 aliphatic rings. The lowest BCUT2D eigenvalue weighted by Crippen LogP contribution is -2.35. The molecule has 0 saturated heterocycles. The van der Waals surface area contributed by atoms with Crippen molar-refractivity contribution in [1.29, 1.82) is 0 Å². The van der Waals surface area contributed by atoms with Crippen LogP contribution in [0, 0.1) is 0 Å². The average molecular weight is 268 g/mol. The molecular formula is C12H10ClNO2S. The Kier molecular flexibility index (Phi) is 2.68. The van der Waals surface area contributed by atoms with Crippen molar-refractivity contribution in [3.05, 3.63) is 45.0 Å². The van der Waals surface area contributed by atoms with Crippen LogP contribution in [0.1, 0.15) is 21.0 Å². The zero-order valence-corrected chi connectivity index (χ0v) is 10.6. The smallest absolute Gasteiger partial charge is 0.289 e. The number of rotatable bonds is 1. The molecule has 0 bridgehead atoms. The highest BCUT2D eigenvalue weighted by Gasteiger charge is 2.24. The number of nitrogens with zero attached hydrogens (tertiary/aromatic N) is 1. The third-order valence-electron chi connectivity index (χ3n) is 2.88. The summed E-state index contributed by atoms with van der Waals surface area (Å²) in [5.41, 5.74) is 1.24. The largest absolute Gasteiger partial charge is 0.440 e. The van der Waals surface area contributed by atoms with Gasteiger partial charge in [-0.1, -0.05) is 0 Å². The fraction of sp³-hybridized carbons (Fsp3) is 0.250. The maximum atomic E-state index is 12.1. The zero-order chi connectivity index (χ0) is 11.8. The van der Waals surface area contributed by atoms with Gasteiger partial charge in [0.15, 0.2) is 11.0 Å². The van der Waals surface area contributed by atoms with Crippen molar-refractivity contribution >= 4 is 28.8 Å². The normalized spacial score (nSPS) is 14.8. The van der Waals surface area contributed by atoms with E-state index in [2.05, 4.69) is 11.4 Å². The lowest BCUT2D eigenvalue weighted by Gasteiger charge is -2.26. The van der Waals surface area contributed by atoms with Crippen LogP contribution in [0.4, 0.5) is 0 Å². The van der Waals surface area contributed by atoms with Gasteiger partial charge >= 0.3 is 0 Å². The Labute approximate surface area is 108 Å². The molecule has 2 aromatic rings. The summed E-state index contributed by atoms with van der Waals surface area (Å²) in [7, 11) is 0. The fourth-order valence-electron chi connectivity index (χ4n) is 2.01. The molecule has 0 saturated carbocycles. The van der Waals surface area contributed by atoms with Crippen LogP contribution in [-0.2, 0) is 13.0 Å². The summed E-state index contributed by atoms with van der Waals surface area (Å²) in [4.78, 5) is 15.3. The molecule has 0 aromatic carbocycles.